The van der Waals surface area contributed by atoms with Crippen LogP contribution < -0.4 is 10.6 Å². The van der Waals surface area contributed by atoms with E-state index in [9.17, 15) is 8.78 Å². The molecule has 0 atom stereocenters. The molecule has 0 aliphatic carbocycles. The van der Waals surface area contributed by atoms with Crippen molar-refractivity contribution in [2.75, 3.05) is 11.9 Å². The smallest absolute Gasteiger partial charge is 0.171 e. The maximum Gasteiger partial charge on any atom is 0.171 e. The standard InChI is InChI=1S/C11H12F2N2S/c1-7(2)6-14-11(16)15-10-4-3-8(12)5-9(10)13/h3-5H,1,6H2,2H3,(H2,14,15,16). The molecule has 0 saturated carbocycles. The second kappa shape index (κ2) is 5.55. The molecule has 5 heteroatoms. The van der Waals surface area contributed by atoms with Gasteiger partial charge in [-0.1, -0.05) is 12.2 Å². The van der Waals surface area contributed by atoms with E-state index in [-0.39, 0.29) is 10.8 Å². The van der Waals surface area contributed by atoms with Crippen LogP contribution in [0.3, 0.4) is 0 Å². The van der Waals surface area contributed by atoms with Crippen LogP contribution >= 0.6 is 12.2 Å². The molecule has 1 rings (SSSR count). The fraction of sp³-hybridized carbons (Fsp3) is 0.182. The van der Waals surface area contributed by atoms with Crippen LogP contribution in [-0.4, -0.2) is 11.7 Å². The zero-order valence-corrected chi connectivity index (χ0v) is 9.63. The van der Waals surface area contributed by atoms with Crippen molar-refractivity contribution in [2.24, 2.45) is 0 Å². The highest BCUT2D eigenvalue weighted by atomic mass is 32.1. The topological polar surface area (TPSA) is 24.1 Å². The summed E-state index contributed by atoms with van der Waals surface area (Å²) in [5.74, 6) is -1.30. The van der Waals surface area contributed by atoms with Crippen LogP contribution in [0.5, 0.6) is 0 Å². The number of nitrogens with one attached hydrogen (secondary N) is 2. The monoisotopic (exact) mass is 242 g/mol. The molecule has 0 spiro atoms. The summed E-state index contributed by atoms with van der Waals surface area (Å²) in [6.07, 6.45) is 0. The molecule has 86 valence electrons. The number of benzene rings is 1. The molecule has 0 amide bonds. The molecule has 0 unspecified atom stereocenters. The molecule has 2 nitrogen and oxygen atoms in total. The van der Waals surface area contributed by atoms with Crippen LogP contribution in [0.25, 0.3) is 0 Å². The minimum Gasteiger partial charge on any atom is -0.359 e. The number of anilines is 1. The molecule has 16 heavy (non-hydrogen) atoms. The number of hydrogen-bond donors (Lipinski definition) is 2. The van der Waals surface area contributed by atoms with Gasteiger partial charge in [0.25, 0.3) is 0 Å². The van der Waals surface area contributed by atoms with Crippen molar-refractivity contribution in [3.05, 3.63) is 42.0 Å². The third-order valence-corrected chi connectivity index (χ3v) is 1.98. The first-order valence-corrected chi connectivity index (χ1v) is 5.04. The summed E-state index contributed by atoms with van der Waals surface area (Å²) in [6.45, 7) is 6.04. The highest BCUT2D eigenvalue weighted by Gasteiger charge is 2.04. The Morgan fingerprint density at radius 2 is 2.12 bits per heavy atom. The Bertz CT molecular complexity index is 418. The van der Waals surface area contributed by atoms with Crippen LogP contribution in [-0.2, 0) is 0 Å². The van der Waals surface area contributed by atoms with E-state index in [4.69, 9.17) is 12.2 Å². The molecule has 1 aromatic rings. The van der Waals surface area contributed by atoms with Crippen molar-refractivity contribution in [1.82, 2.24) is 5.32 Å². The van der Waals surface area contributed by atoms with Gasteiger partial charge in [-0.3, -0.25) is 0 Å². The molecule has 1 aromatic carbocycles. The number of thiocarbonyl (C=S) groups is 1. The van der Waals surface area contributed by atoms with E-state index in [0.29, 0.717) is 6.54 Å². The van der Waals surface area contributed by atoms with Crippen LogP contribution in [0.2, 0.25) is 0 Å². The maximum atomic E-state index is 13.2. The number of halogens is 2. The van der Waals surface area contributed by atoms with Gasteiger partial charge in [0.05, 0.1) is 5.69 Å². The highest BCUT2D eigenvalue weighted by Crippen LogP contribution is 2.14. The first-order valence-electron chi connectivity index (χ1n) is 4.63. The Morgan fingerprint density at radius 1 is 1.44 bits per heavy atom. The highest BCUT2D eigenvalue weighted by molar-refractivity contribution is 7.80. The predicted molar refractivity (Wildman–Crippen MR) is 65.4 cm³/mol. The first-order chi connectivity index (χ1) is 7.49. The Kier molecular flexibility index (Phi) is 4.37. The lowest BCUT2D eigenvalue weighted by Gasteiger charge is -2.10. The SMILES string of the molecule is C=C(C)CNC(=S)Nc1ccc(F)cc1F. The fourth-order valence-corrected chi connectivity index (χ4v) is 1.17. The third kappa shape index (κ3) is 3.94. The van der Waals surface area contributed by atoms with Gasteiger partial charge in [0.2, 0.25) is 0 Å². The van der Waals surface area contributed by atoms with Gasteiger partial charge < -0.3 is 10.6 Å². The zero-order valence-electron chi connectivity index (χ0n) is 8.81. The van der Waals surface area contributed by atoms with E-state index in [0.717, 1.165) is 17.7 Å². The van der Waals surface area contributed by atoms with Crippen molar-refractivity contribution in [3.63, 3.8) is 0 Å². The lowest BCUT2D eigenvalue weighted by atomic mass is 10.3. The minimum atomic E-state index is -0.681. The van der Waals surface area contributed by atoms with Gasteiger partial charge in [0.1, 0.15) is 11.6 Å². The lowest BCUT2D eigenvalue weighted by molar-refractivity contribution is 0.586. The molecule has 0 radical (unpaired) electrons. The predicted octanol–water partition coefficient (Wildman–Crippen LogP) is 2.83. The van der Waals surface area contributed by atoms with Crippen LogP contribution in [0.15, 0.2) is 30.4 Å². The summed E-state index contributed by atoms with van der Waals surface area (Å²) in [5.41, 5.74) is 1.05. The Hall–Kier alpha value is -1.49. The normalized spacial score (nSPS) is 9.69. The van der Waals surface area contributed by atoms with Crippen LogP contribution in [0.1, 0.15) is 6.92 Å². The lowest BCUT2D eigenvalue weighted by Crippen LogP contribution is -2.29. The Labute approximate surface area is 98.4 Å². The fourth-order valence-electron chi connectivity index (χ4n) is 0.989. The van der Waals surface area contributed by atoms with E-state index in [1.54, 1.807) is 0 Å². The van der Waals surface area contributed by atoms with Gasteiger partial charge in [-0.15, -0.1) is 0 Å². The van der Waals surface area contributed by atoms with E-state index in [2.05, 4.69) is 17.2 Å². The third-order valence-electron chi connectivity index (χ3n) is 1.73. The molecule has 2 N–H and O–H groups in total. The van der Waals surface area contributed by atoms with Crippen LogP contribution in [0, 0.1) is 11.6 Å². The average Bonchev–Trinajstić information content (AvgIpc) is 2.19. The molecular formula is C11H12F2N2S. The molecule has 0 aromatic heterocycles. The Morgan fingerprint density at radius 3 is 2.69 bits per heavy atom. The number of rotatable bonds is 3. The van der Waals surface area contributed by atoms with E-state index in [1.165, 1.54) is 6.07 Å². The van der Waals surface area contributed by atoms with Gasteiger partial charge in [-0.25, -0.2) is 8.78 Å². The van der Waals surface area contributed by atoms with Gasteiger partial charge >= 0.3 is 0 Å². The largest absolute Gasteiger partial charge is 0.359 e. The molecule has 0 fully saturated rings. The van der Waals surface area contributed by atoms with Crippen molar-refractivity contribution in [2.45, 2.75) is 6.92 Å². The average molecular weight is 242 g/mol. The molecule has 0 bridgehead atoms. The second-order valence-corrected chi connectivity index (χ2v) is 3.80. The minimum absolute atomic E-state index is 0.139. The van der Waals surface area contributed by atoms with Crippen molar-refractivity contribution < 1.29 is 8.78 Å². The zero-order chi connectivity index (χ0) is 12.1. The van der Waals surface area contributed by atoms with Gasteiger partial charge in [0, 0.05) is 12.6 Å². The van der Waals surface area contributed by atoms with E-state index < -0.39 is 11.6 Å². The summed E-state index contributed by atoms with van der Waals surface area (Å²) in [4.78, 5) is 0. The van der Waals surface area contributed by atoms with Crippen molar-refractivity contribution in [1.29, 1.82) is 0 Å². The first kappa shape index (κ1) is 12.6. The molecule has 0 heterocycles. The summed E-state index contributed by atoms with van der Waals surface area (Å²) in [6, 6.07) is 3.25. The van der Waals surface area contributed by atoms with Crippen molar-refractivity contribution in [3.8, 4) is 0 Å². The summed E-state index contributed by atoms with van der Waals surface area (Å²) in [7, 11) is 0. The summed E-state index contributed by atoms with van der Waals surface area (Å²) < 4.78 is 25.8. The van der Waals surface area contributed by atoms with E-state index >= 15 is 0 Å². The van der Waals surface area contributed by atoms with Gasteiger partial charge in [-0.2, -0.15) is 0 Å². The summed E-state index contributed by atoms with van der Waals surface area (Å²) in [5, 5.41) is 5.73. The number of hydrogen-bond acceptors (Lipinski definition) is 1. The second-order valence-electron chi connectivity index (χ2n) is 3.39. The van der Waals surface area contributed by atoms with Crippen molar-refractivity contribution >= 4 is 23.0 Å². The molecule has 0 aliphatic heterocycles. The Balaban J connectivity index is 2.59. The molecule has 0 aliphatic rings. The van der Waals surface area contributed by atoms with Gasteiger partial charge in [0.15, 0.2) is 5.11 Å². The summed E-state index contributed by atoms with van der Waals surface area (Å²) >= 11 is 4.92. The van der Waals surface area contributed by atoms with Crippen LogP contribution in [0.4, 0.5) is 14.5 Å². The molecular weight excluding hydrogens is 230 g/mol. The quantitative estimate of drug-likeness (QED) is 0.629. The van der Waals surface area contributed by atoms with Gasteiger partial charge in [-0.05, 0) is 31.3 Å². The molecule has 0 saturated heterocycles. The van der Waals surface area contributed by atoms with E-state index in [1.807, 2.05) is 6.92 Å². The maximum absolute atomic E-state index is 13.2.